The number of amides is 1. The average Bonchev–Trinajstić information content (AvgIpc) is 2.54. The zero-order valence-electron chi connectivity index (χ0n) is 12.8. The minimum Gasteiger partial charge on any atom is -0.480 e. The maximum Gasteiger partial charge on any atom is 0.323 e. The lowest BCUT2D eigenvalue weighted by atomic mass is 9.97. The van der Waals surface area contributed by atoms with Crippen LogP contribution in [0.2, 0.25) is 0 Å². The lowest BCUT2D eigenvalue weighted by Gasteiger charge is -2.32. The molecule has 0 spiro atoms. The van der Waals surface area contributed by atoms with E-state index in [9.17, 15) is 18.0 Å². The van der Waals surface area contributed by atoms with Gasteiger partial charge >= 0.3 is 5.97 Å². The van der Waals surface area contributed by atoms with E-state index in [1.165, 1.54) is 29.8 Å². The molecule has 0 radical (unpaired) electrons. The van der Waals surface area contributed by atoms with Crippen molar-refractivity contribution in [2.45, 2.75) is 17.7 Å². The first-order valence-corrected chi connectivity index (χ1v) is 8.63. The Morgan fingerprint density at radius 3 is 2.57 bits per heavy atom. The number of hydrogen-bond donors (Lipinski definition) is 1. The number of carbonyl (C=O) groups is 2. The number of rotatable bonds is 5. The maximum atomic E-state index is 12.5. The molecule has 1 N–H and O–H groups in total. The van der Waals surface area contributed by atoms with Crippen molar-refractivity contribution in [3.8, 4) is 0 Å². The van der Waals surface area contributed by atoms with Gasteiger partial charge in [0.05, 0.1) is 0 Å². The van der Waals surface area contributed by atoms with E-state index in [4.69, 9.17) is 5.11 Å². The number of aliphatic carboxylic acids is 1. The molecule has 8 nitrogen and oxygen atoms in total. The van der Waals surface area contributed by atoms with Crippen LogP contribution >= 0.6 is 0 Å². The highest BCUT2D eigenvalue weighted by atomic mass is 32.2. The van der Waals surface area contributed by atoms with Crippen LogP contribution in [-0.4, -0.2) is 66.3 Å². The molecule has 0 aromatic carbocycles. The molecule has 0 unspecified atom stereocenters. The Morgan fingerprint density at radius 2 is 2.04 bits per heavy atom. The van der Waals surface area contributed by atoms with E-state index in [1.54, 1.807) is 6.07 Å². The standard InChI is InChI=1S/C14H19N3O5S/c1-16(10-13(18)19)14(20)11-4-7-17(8-5-11)23(21,22)12-3-2-6-15-9-12/h2-3,6,9,11H,4-5,7-8,10H2,1H3,(H,18,19). The van der Waals surface area contributed by atoms with Gasteiger partial charge in [-0.25, -0.2) is 8.42 Å². The van der Waals surface area contributed by atoms with Crippen molar-refractivity contribution in [1.82, 2.24) is 14.2 Å². The average molecular weight is 341 g/mol. The molecule has 0 atom stereocenters. The summed E-state index contributed by atoms with van der Waals surface area (Å²) in [4.78, 5) is 27.9. The van der Waals surface area contributed by atoms with Crippen LogP contribution in [0.4, 0.5) is 0 Å². The van der Waals surface area contributed by atoms with E-state index in [1.807, 2.05) is 0 Å². The Morgan fingerprint density at radius 1 is 1.39 bits per heavy atom. The normalized spacial score (nSPS) is 16.9. The number of carboxylic acids is 1. The van der Waals surface area contributed by atoms with Crippen LogP contribution in [0.15, 0.2) is 29.4 Å². The Bertz CT molecular complexity index is 669. The molecule has 2 heterocycles. The fourth-order valence-corrected chi connectivity index (χ4v) is 4.02. The Balaban J connectivity index is 1.99. The highest BCUT2D eigenvalue weighted by Gasteiger charge is 2.33. The summed E-state index contributed by atoms with van der Waals surface area (Å²) in [6.45, 7) is 0.107. The third-order valence-corrected chi connectivity index (χ3v) is 5.71. The summed E-state index contributed by atoms with van der Waals surface area (Å²) >= 11 is 0. The van der Waals surface area contributed by atoms with Gasteiger partial charge in [0.15, 0.2) is 0 Å². The molecule has 2 rings (SSSR count). The molecule has 0 bridgehead atoms. The molecule has 126 valence electrons. The van der Waals surface area contributed by atoms with Crippen molar-refractivity contribution < 1.29 is 23.1 Å². The van der Waals surface area contributed by atoms with Crippen LogP contribution < -0.4 is 0 Å². The van der Waals surface area contributed by atoms with E-state index in [2.05, 4.69) is 4.98 Å². The number of pyridine rings is 1. The second-order valence-corrected chi connectivity index (χ2v) is 7.39. The third kappa shape index (κ3) is 4.05. The fourth-order valence-electron chi connectivity index (χ4n) is 2.58. The van der Waals surface area contributed by atoms with Crippen LogP contribution in [0.25, 0.3) is 0 Å². The summed E-state index contributed by atoms with van der Waals surface area (Å²) in [5.74, 6) is -1.68. The zero-order chi connectivity index (χ0) is 17.0. The predicted molar refractivity (Wildman–Crippen MR) is 81.0 cm³/mol. The topological polar surface area (TPSA) is 108 Å². The van der Waals surface area contributed by atoms with Gasteiger partial charge in [-0.15, -0.1) is 0 Å². The molecule has 1 aliphatic rings. The highest BCUT2D eigenvalue weighted by Crippen LogP contribution is 2.24. The summed E-state index contributed by atoms with van der Waals surface area (Å²) in [6, 6.07) is 3.05. The number of piperidine rings is 1. The number of likely N-dealkylation sites (N-methyl/N-ethyl adjacent to an activating group) is 1. The molecule has 1 amide bonds. The van der Waals surface area contributed by atoms with Gasteiger partial charge in [-0.1, -0.05) is 0 Å². The first-order chi connectivity index (χ1) is 10.8. The number of carbonyl (C=O) groups excluding carboxylic acids is 1. The van der Waals surface area contributed by atoms with Crippen LogP contribution in [-0.2, 0) is 19.6 Å². The highest BCUT2D eigenvalue weighted by molar-refractivity contribution is 7.89. The molecule has 1 aliphatic heterocycles. The van der Waals surface area contributed by atoms with Crippen LogP contribution in [0, 0.1) is 5.92 Å². The Hall–Kier alpha value is -2.00. The third-order valence-electron chi connectivity index (χ3n) is 3.82. The van der Waals surface area contributed by atoms with Gasteiger partial charge < -0.3 is 10.0 Å². The first kappa shape index (κ1) is 17.4. The summed E-state index contributed by atoms with van der Waals surface area (Å²) < 4.78 is 26.3. The molecular formula is C14H19N3O5S. The van der Waals surface area contributed by atoms with Crippen molar-refractivity contribution in [1.29, 1.82) is 0 Å². The number of aromatic nitrogens is 1. The van der Waals surface area contributed by atoms with Crippen molar-refractivity contribution in [2.75, 3.05) is 26.7 Å². The van der Waals surface area contributed by atoms with Gasteiger partial charge in [-0.05, 0) is 25.0 Å². The van der Waals surface area contributed by atoms with E-state index >= 15 is 0 Å². The second kappa shape index (κ2) is 7.05. The van der Waals surface area contributed by atoms with Gasteiger partial charge in [0.25, 0.3) is 0 Å². The minimum absolute atomic E-state index is 0.132. The van der Waals surface area contributed by atoms with Crippen molar-refractivity contribution >= 4 is 21.9 Å². The lowest BCUT2D eigenvalue weighted by Crippen LogP contribution is -2.44. The molecule has 0 aliphatic carbocycles. The maximum absolute atomic E-state index is 12.5. The fraction of sp³-hybridized carbons (Fsp3) is 0.500. The quantitative estimate of drug-likeness (QED) is 0.809. The monoisotopic (exact) mass is 341 g/mol. The SMILES string of the molecule is CN(CC(=O)O)C(=O)C1CCN(S(=O)(=O)c2cccnc2)CC1. The second-order valence-electron chi connectivity index (χ2n) is 5.46. The summed E-state index contributed by atoms with van der Waals surface area (Å²) in [5, 5.41) is 8.72. The van der Waals surface area contributed by atoms with Crippen molar-refractivity contribution in [3.05, 3.63) is 24.5 Å². The summed E-state index contributed by atoms with van der Waals surface area (Å²) in [5.41, 5.74) is 0. The summed E-state index contributed by atoms with van der Waals surface area (Å²) in [6.07, 6.45) is 3.56. The van der Waals surface area contributed by atoms with Gasteiger partial charge in [-0.3, -0.25) is 14.6 Å². The largest absolute Gasteiger partial charge is 0.480 e. The van der Waals surface area contributed by atoms with E-state index < -0.39 is 16.0 Å². The Labute approximate surface area is 134 Å². The van der Waals surface area contributed by atoms with E-state index in [-0.39, 0.29) is 36.4 Å². The molecular weight excluding hydrogens is 322 g/mol. The number of sulfonamides is 1. The number of hydrogen-bond acceptors (Lipinski definition) is 5. The molecule has 1 aromatic rings. The summed E-state index contributed by atoms with van der Waals surface area (Å²) in [7, 11) is -2.16. The van der Waals surface area contributed by atoms with Crippen LogP contribution in [0.3, 0.4) is 0 Å². The smallest absolute Gasteiger partial charge is 0.323 e. The Kier molecular flexibility index (Phi) is 5.32. The molecule has 1 aromatic heterocycles. The number of nitrogens with zero attached hydrogens (tertiary/aromatic N) is 3. The lowest BCUT2D eigenvalue weighted by molar-refractivity contribution is -0.145. The first-order valence-electron chi connectivity index (χ1n) is 7.19. The van der Waals surface area contributed by atoms with Gasteiger partial charge in [0, 0.05) is 38.4 Å². The molecule has 9 heteroatoms. The zero-order valence-corrected chi connectivity index (χ0v) is 13.6. The van der Waals surface area contributed by atoms with Crippen LogP contribution in [0.5, 0.6) is 0 Å². The van der Waals surface area contributed by atoms with Crippen LogP contribution in [0.1, 0.15) is 12.8 Å². The molecule has 1 fully saturated rings. The van der Waals surface area contributed by atoms with E-state index in [0.29, 0.717) is 12.8 Å². The molecule has 23 heavy (non-hydrogen) atoms. The van der Waals surface area contributed by atoms with Gasteiger partial charge in [-0.2, -0.15) is 4.31 Å². The van der Waals surface area contributed by atoms with Gasteiger partial charge in [0.2, 0.25) is 15.9 Å². The number of carboxylic acid groups (broad SMARTS) is 1. The van der Waals surface area contributed by atoms with E-state index in [0.717, 1.165) is 4.90 Å². The molecule has 0 saturated carbocycles. The predicted octanol–water partition coefficient (Wildman–Crippen LogP) is 0.0253. The van der Waals surface area contributed by atoms with Gasteiger partial charge in [0.1, 0.15) is 11.4 Å². The minimum atomic E-state index is -3.60. The van der Waals surface area contributed by atoms with Crippen molar-refractivity contribution in [3.63, 3.8) is 0 Å². The van der Waals surface area contributed by atoms with Crippen molar-refractivity contribution in [2.24, 2.45) is 5.92 Å². The molecule has 1 saturated heterocycles.